The van der Waals surface area contributed by atoms with Crippen LogP contribution < -0.4 is 5.32 Å². The van der Waals surface area contributed by atoms with E-state index in [-0.39, 0.29) is 29.3 Å². The van der Waals surface area contributed by atoms with Gasteiger partial charge in [-0.1, -0.05) is 27.7 Å². The van der Waals surface area contributed by atoms with Gasteiger partial charge in [0, 0.05) is 12.5 Å². The second kappa shape index (κ2) is 4.52. The molecule has 0 spiro atoms. The molecule has 88 valence electrons. The van der Waals surface area contributed by atoms with Crippen LogP contribution in [0.2, 0.25) is 0 Å². The van der Waals surface area contributed by atoms with Crippen molar-refractivity contribution in [2.45, 2.75) is 46.6 Å². The quantitative estimate of drug-likeness (QED) is 0.728. The Morgan fingerprint density at radius 3 is 2.47 bits per heavy atom. The van der Waals surface area contributed by atoms with Crippen molar-refractivity contribution in [3.05, 3.63) is 0 Å². The van der Waals surface area contributed by atoms with E-state index in [9.17, 15) is 9.90 Å². The molecule has 3 heteroatoms. The van der Waals surface area contributed by atoms with Crippen LogP contribution in [0.1, 0.15) is 40.5 Å². The number of carbonyl (C=O) groups is 1. The average molecular weight is 213 g/mol. The molecule has 2 atom stereocenters. The van der Waals surface area contributed by atoms with Gasteiger partial charge in [0.15, 0.2) is 0 Å². The molecule has 1 rings (SSSR count). The molecule has 1 amide bonds. The molecule has 0 aromatic heterocycles. The Hall–Kier alpha value is -0.570. The number of aliphatic hydroxyl groups is 1. The van der Waals surface area contributed by atoms with E-state index < -0.39 is 0 Å². The molecule has 0 aromatic rings. The summed E-state index contributed by atoms with van der Waals surface area (Å²) in [6, 6.07) is 0. The third-order valence-corrected chi connectivity index (χ3v) is 3.34. The summed E-state index contributed by atoms with van der Waals surface area (Å²) < 4.78 is 0. The predicted molar refractivity (Wildman–Crippen MR) is 60.4 cm³/mol. The molecule has 0 aromatic carbocycles. The highest BCUT2D eigenvalue weighted by Crippen LogP contribution is 2.51. The summed E-state index contributed by atoms with van der Waals surface area (Å²) in [7, 11) is 0. The third-order valence-electron chi connectivity index (χ3n) is 3.34. The fourth-order valence-corrected chi connectivity index (χ4v) is 1.71. The molecule has 0 bridgehead atoms. The number of hydrogen-bond acceptors (Lipinski definition) is 2. The van der Waals surface area contributed by atoms with E-state index in [0.29, 0.717) is 13.0 Å². The Balaban J connectivity index is 2.14. The Morgan fingerprint density at radius 2 is 2.07 bits per heavy atom. The summed E-state index contributed by atoms with van der Waals surface area (Å²) in [5, 5.41) is 12.4. The van der Waals surface area contributed by atoms with E-state index in [1.807, 2.05) is 13.8 Å². The maximum atomic E-state index is 11.6. The first-order valence-corrected chi connectivity index (χ1v) is 5.80. The molecule has 0 saturated heterocycles. The lowest BCUT2D eigenvalue weighted by Crippen LogP contribution is -2.30. The maximum absolute atomic E-state index is 11.6. The Morgan fingerprint density at radius 1 is 1.53 bits per heavy atom. The van der Waals surface area contributed by atoms with Crippen molar-refractivity contribution in [2.24, 2.45) is 17.3 Å². The minimum Gasteiger partial charge on any atom is -0.393 e. The summed E-state index contributed by atoms with van der Waals surface area (Å²) in [6.07, 6.45) is 1.33. The van der Waals surface area contributed by atoms with Gasteiger partial charge in [-0.25, -0.2) is 0 Å². The van der Waals surface area contributed by atoms with Gasteiger partial charge in [0.1, 0.15) is 0 Å². The SMILES string of the molecule is CC(C)C(O)CCNC(=O)[C@H]1CC1(C)C. The summed E-state index contributed by atoms with van der Waals surface area (Å²) >= 11 is 0. The van der Waals surface area contributed by atoms with Gasteiger partial charge < -0.3 is 10.4 Å². The molecule has 1 unspecified atom stereocenters. The molecule has 0 heterocycles. The van der Waals surface area contributed by atoms with E-state index in [4.69, 9.17) is 0 Å². The van der Waals surface area contributed by atoms with Crippen molar-refractivity contribution in [1.82, 2.24) is 5.32 Å². The third kappa shape index (κ3) is 3.49. The topological polar surface area (TPSA) is 49.3 Å². The zero-order chi connectivity index (χ0) is 11.6. The average Bonchev–Trinajstić information content (AvgIpc) is 2.74. The molecular formula is C12H23NO2. The second-order valence-corrected chi connectivity index (χ2v) is 5.64. The number of hydrogen-bond donors (Lipinski definition) is 2. The van der Waals surface area contributed by atoms with Crippen LogP contribution in [0, 0.1) is 17.3 Å². The van der Waals surface area contributed by atoms with Crippen LogP contribution in [0.15, 0.2) is 0 Å². The normalized spacial score (nSPS) is 25.1. The highest BCUT2D eigenvalue weighted by atomic mass is 16.3. The highest BCUT2D eigenvalue weighted by Gasteiger charge is 2.50. The predicted octanol–water partition coefficient (Wildman–Crippen LogP) is 1.56. The van der Waals surface area contributed by atoms with E-state index in [1.54, 1.807) is 0 Å². The van der Waals surface area contributed by atoms with Crippen LogP contribution in [0.25, 0.3) is 0 Å². The van der Waals surface area contributed by atoms with E-state index in [1.165, 1.54) is 0 Å². The number of nitrogens with one attached hydrogen (secondary N) is 1. The zero-order valence-corrected chi connectivity index (χ0v) is 10.2. The van der Waals surface area contributed by atoms with Crippen LogP contribution in [-0.4, -0.2) is 23.7 Å². The largest absolute Gasteiger partial charge is 0.393 e. The molecular weight excluding hydrogens is 190 g/mol. The van der Waals surface area contributed by atoms with Crippen molar-refractivity contribution < 1.29 is 9.90 Å². The summed E-state index contributed by atoms with van der Waals surface area (Å²) in [5.41, 5.74) is 0.195. The van der Waals surface area contributed by atoms with Gasteiger partial charge in [-0.3, -0.25) is 4.79 Å². The van der Waals surface area contributed by atoms with Gasteiger partial charge in [-0.05, 0) is 24.2 Å². The molecule has 15 heavy (non-hydrogen) atoms. The lowest BCUT2D eigenvalue weighted by molar-refractivity contribution is -0.123. The molecule has 2 N–H and O–H groups in total. The fraction of sp³-hybridized carbons (Fsp3) is 0.917. The van der Waals surface area contributed by atoms with Gasteiger partial charge in [-0.15, -0.1) is 0 Å². The van der Waals surface area contributed by atoms with E-state index >= 15 is 0 Å². The summed E-state index contributed by atoms with van der Waals surface area (Å²) in [6.45, 7) is 8.78. The fourth-order valence-electron chi connectivity index (χ4n) is 1.71. The molecule has 3 nitrogen and oxygen atoms in total. The number of amides is 1. The molecule has 1 aliphatic rings. The lowest BCUT2D eigenvalue weighted by atomic mass is 10.0. The molecule has 0 aliphatic heterocycles. The van der Waals surface area contributed by atoms with E-state index in [0.717, 1.165) is 6.42 Å². The zero-order valence-electron chi connectivity index (χ0n) is 10.2. The van der Waals surface area contributed by atoms with Gasteiger partial charge in [0.2, 0.25) is 5.91 Å². The van der Waals surface area contributed by atoms with Crippen molar-refractivity contribution >= 4 is 5.91 Å². The Labute approximate surface area is 92.3 Å². The van der Waals surface area contributed by atoms with Gasteiger partial charge in [0.25, 0.3) is 0 Å². The summed E-state index contributed by atoms with van der Waals surface area (Å²) in [5.74, 6) is 0.601. The molecule has 1 fully saturated rings. The van der Waals surface area contributed by atoms with E-state index in [2.05, 4.69) is 19.2 Å². The Kier molecular flexibility index (Phi) is 3.77. The minimum absolute atomic E-state index is 0.149. The molecule has 0 radical (unpaired) electrons. The van der Waals surface area contributed by atoms with Gasteiger partial charge in [-0.2, -0.15) is 0 Å². The van der Waals surface area contributed by atoms with Crippen LogP contribution in [-0.2, 0) is 4.79 Å². The molecule has 1 saturated carbocycles. The standard InChI is InChI=1S/C12H23NO2/c1-8(2)10(14)5-6-13-11(15)9-7-12(9,3)4/h8-10,14H,5-7H2,1-4H3,(H,13,15)/t9-,10?/m1/s1. The minimum atomic E-state index is -0.308. The highest BCUT2D eigenvalue weighted by molar-refractivity contribution is 5.82. The first kappa shape index (κ1) is 12.5. The van der Waals surface area contributed by atoms with Gasteiger partial charge in [0.05, 0.1) is 6.10 Å². The number of rotatable bonds is 5. The number of carbonyl (C=O) groups excluding carboxylic acids is 1. The molecule has 1 aliphatic carbocycles. The lowest BCUT2D eigenvalue weighted by Gasteiger charge is -2.14. The van der Waals surface area contributed by atoms with Crippen molar-refractivity contribution in [1.29, 1.82) is 0 Å². The Bertz CT molecular complexity index is 236. The number of aliphatic hydroxyl groups excluding tert-OH is 1. The van der Waals surface area contributed by atoms with Crippen LogP contribution in [0.4, 0.5) is 0 Å². The first-order valence-electron chi connectivity index (χ1n) is 5.80. The summed E-state index contributed by atoms with van der Waals surface area (Å²) in [4.78, 5) is 11.6. The maximum Gasteiger partial charge on any atom is 0.223 e. The smallest absolute Gasteiger partial charge is 0.223 e. The second-order valence-electron chi connectivity index (χ2n) is 5.64. The van der Waals surface area contributed by atoms with Crippen molar-refractivity contribution in [2.75, 3.05) is 6.54 Å². The van der Waals surface area contributed by atoms with Crippen molar-refractivity contribution in [3.8, 4) is 0 Å². The first-order chi connectivity index (χ1) is 6.84. The van der Waals surface area contributed by atoms with Crippen LogP contribution in [0.5, 0.6) is 0 Å². The van der Waals surface area contributed by atoms with Gasteiger partial charge >= 0.3 is 0 Å². The van der Waals surface area contributed by atoms with Crippen molar-refractivity contribution in [3.63, 3.8) is 0 Å². The van der Waals surface area contributed by atoms with Crippen LogP contribution >= 0.6 is 0 Å². The monoisotopic (exact) mass is 213 g/mol. The van der Waals surface area contributed by atoms with Crippen LogP contribution in [0.3, 0.4) is 0 Å².